The summed E-state index contributed by atoms with van der Waals surface area (Å²) in [4.78, 5) is 8.01. The van der Waals surface area contributed by atoms with Gasteiger partial charge in [0.05, 0.1) is 6.04 Å². The van der Waals surface area contributed by atoms with Crippen molar-refractivity contribution in [2.24, 2.45) is 0 Å². The number of nitrogens with one attached hydrogen (secondary N) is 2. The van der Waals surface area contributed by atoms with Gasteiger partial charge in [-0.05, 0) is 25.4 Å². The van der Waals surface area contributed by atoms with Gasteiger partial charge in [0, 0.05) is 11.8 Å². The van der Waals surface area contributed by atoms with Crippen LogP contribution in [0, 0.1) is 6.92 Å². The number of H-pyrrole nitrogens is 1. The minimum Gasteiger partial charge on any atom is -0.360 e. The van der Waals surface area contributed by atoms with Crippen LogP contribution < -0.4 is 5.32 Å². The highest BCUT2D eigenvalue weighted by atomic mass is 35.5. The van der Waals surface area contributed by atoms with E-state index in [1.807, 2.05) is 13.8 Å². The van der Waals surface area contributed by atoms with E-state index in [0.717, 1.165) is 5.69 Å². The van der Waals surface area contributed by atoms with Gasteiger partial charge >= 0.3 is 0 Å². The van der Waals surface area contributed by atoms with Gasteiger partial charge in [-0.3, -0.25) is 0 Å². The summed E-state index contributed by atoms with van der Waals surface area (Å²) in [5.41, 5.74) is 0.794. The largest absolute Gasteiger partial charge is 0.360 e. The molecule has 0 fully saturated rings. The van der Waals surface area contributed by atoms with Gasteiger partial charge in [-0.2, -0.15) is 5.21 Å². The molecular formula is C8H10ClN7. The molecule has 0 bridgehead atoms. The highest BCUT2D eigenvalue weighted by molar-refractivity contribution is 6.28. The zero-order valence-electron chi connectivity index (χ0n) is 8.77. The van der Waals surface area contributed by atoms with Gasteiger partial charge in [0.15, 0.2) is 5.82 Å². The molecule has 1 unspecified atom stereocenters. The Morgan fingerprint density at radius 2 is 2.25 bits per heavy atom. The number of tetrazole rings is 1. The van der Waals surface area contributed by atoms with Crippen LogP contribution in [-0.4, -0.2) is 30.6 Å². The van der Waals surface area contributed by atoms with E-state index >= 15 is 0 Å². The Morgan fingerprint density at radius 1 is 1.44 bits per heavy atom. The standard InChI is InChI=1S/C8H10ClN7/c1-4-3-6(12-8(9)10-4)11-5(2)7-13-15-16-14-7/h3,5H,1-2H3,(H,10,11,12)(H,13,14,15,16). The summed E-state index contributed by atoms with van der Waals surface area (Å²) < 4.78 is 0. The second-order valence-electron chi connectivity index (χ2n) is 3.30. The molecule has 8 heteroatoms. The van der Waals surface area contributed by atoms with Gasteiger partial charge in [0.1, 0.15) is 5.82 Å². The lowest BCUT2D eigenvalue weighted by Crippen LogP contribution is -2.10. The number of hydrogen-bond donors (Lipinski definition) is 2. The molecule has 0 aliphatic carbocycles. The maximum Gasteiger partial charge on any atom is 0.224 e. The predicted octanol–water partition coefficient (Wildman–Crippen LogP) is 1.12. The normalized spacial score (nSPS) is 12.4. The second kappa shape index (κ2) is 4.40. The first kappa shape index (κ1) is 10.7. The smallest absolute Gasteiger partial charge is 0.224 e. The zero-order chi connectivity index (χ0) is 11.5. The maximum atomic E-state index is 5.75. The van der Waals surface area contributed by atoms with E-state index < -0.39 is 0 Å². The minimum atomic E-state index is -0.107. The van der Waals surface area contributed by atoms with E-state index in [4.69, 9.17) is 11.6 Å². The summed E-state index contributed by atoms with van der Waals surface area (Å²) in [7, 11) is 0. The third kappa shape index (κ3) is 2.43. The van der Waals surface area contributed by atoms with Crippen molar-refractivity contribution in [3.8, 4) is 0 Å². The average Bonchev–Trinajstić information content (AvgIpc) is 2.68. The molecule has 0 aliphatic rings. The van der Waals surface area contributed by atoms with Crippen molar-refractivity contribution in [2.45, 2.75) is 19.9 Å². The van der Waals surface area contributed by atoms with E-state index in [9.17, 15) is 0 Å². The van der Waals surface area contributed by atoms with Crippen molar-refractivity contribution in [1.29, 1.82) is 0 Å². The first-order chi connectivity index (χ1) is 7.65. The van der Waals surface area contributed by atoms with Crippen molar-refractivity contribution in [1.82, 2.24) is 30.6 Å². The van der Waals surface area contributed by atoms with Crippen LogP contribution in [-0.2, 0) is 0 Å². The molecule has 0 saturated heterocycles. The van der Waals surface area contributed by atoms with Gasteiger partial charge in [0.25, 0.3) is 0 Å². The van der Waals surface area contributed by atoms with Crippen LogP contribution in [0.1, 0.15) is 24.5 Å². The lowest BCUT2D eigenvalue weighted by molar-refractivity contribution is 0.786. The summed E-state index contributed by atoms with van der Waals surface area (Å²) in [5, 5.41) is 16.9. The molecule has 16 heavy (non-hydrogen) atoms. The predicted molar refractivity (Wildman–Crippen MR) is 58.0 cm³/mol. The van der Waals surface area contributed by atoms with Gasteiger partial charge in [-0.25, -0.2) is 9.97 Å². The van der Waals surface area contributed by atoms with Crippen LogP contribution in [0.2, 0.25) is 5.28 Å². The van der Waals surface area contributed by atoms with Crippen molar-refractivity contribution in [3.05, 3.63) is 22.9 Å². The molecule has 2 N–H and O–H groups in total. The minimum absolute atomic E-state index is 0.107. The first-order valence-corrected chi connectivity index (χ1v) is 5.04. The Labute approximate surface area is 96.6 Å². The number of aromatic nitrogens is 6. The molecule has 2 aromatic rings. The van der Waals surface area contributed by atoms with Crippen LogP contribution in [0.4, 0.5) is 5.82 Å². The summed E-state index contributed by atoms with van der Waals surface area (Å²) in [6.45, 7) is 3.74. The molecule has 2 heterocycles. The van der Waals surface area contributed by atoms with E-state index in [1.165, 1.54) is 0 Å². The maximum absolute atomic E-state index is 5.75. The molecule has 84 valence electrons. The molecular weight excluding hydrogens is 230 g/mol. The fourth-order valence-corrected chi connectivity index (χ4v) is 1.47. The molecule has 0 saturated carbocycles. The summed E-state index contributed by atoms with van der Waals surface area (Å²) >= 11 is 5.75. The highest BCUT2D eigenvalue weighted by Gasteiger charge is 2.11. The lowest BCUT2D eigenvalue weighted by Gasteiger charge is -2.10. The summed E-state index contributed by atoms with van der Waals surface area (Å²) in [6, 6.07) is 1.69. The molecule has 2 aromatic heterocycles. The second-order valence-corrected chi connectivity index (χ2v) is 3.64. The SMILES string of the molecule is Cc1cc(NC(C)c2nn[nH]n2)nc(Cl)n1. The molecule has 0 amide bonds. The number of anilines is 1. The molecule has 2 rings (SSSR count). The van der Waals surface area contributed by atoms with Crippen molar-refractivity contribution in [2.75, 3.05) is 5.32 Å². The number of aryl methyl sites for hydroxylation is 1. The lowest BCUT2D eigenvalue weighted by atomic mass is 10.3. The number of halogens is 1. The molecule has 7 nitrogen and oxygen atoms in total. The Bertz CT molecular complexity index is 449. The van der Waals surface area contributed by atoms with Crippen molar-refractivity contribution >= 4 is 17.4 Å². The number of rotatable bonds is 3. The molecule has 0 spiro atoms. The molecule has 1 atom stereocenters. The summed E-state index contributed by atoms with van der Waals surface area (Å²) in [5.74, 6) is 1.20. The third-order valence-electron chi connectivity index (χ3n) is 1.94. The van der Waals surface area contributed by atoms with E-state index in [1.54, 1.807) is 6.07 Å². The highest BCUT2D eigenvalue weighted by Crippen LogP contribution is 2.15. The van der Waals surface area contributed by atoms with Crippen LogP contribution in [0.5, 0.6) is 0 Å². The first-order valence-electron chi connectivity index (χ1n) is 4.66. The fourth-order valence-electron chi connectivity index (χ4n) is 1.25. The third-order valence-corrected chi connectivity index (χ3v) is 2.11. The monoisotopic (exact) mass is 239 g/mol. The Morgan fingerprint density at radius 3 is 2.88 bits per heavy atom. The van der Waals surface area contributed by atoms with Crippen LogP contribution >= 0.6 is 11.6 Å². The van der Waals surface area contributed by atoms with E-state index in [-0.39, 0.29) is 11.3 Å². The van der Waals surface area contributed by atoms with Gasteiger partial charge in [-0.1, -0.05) is 5.21 Å². The molecule has 0 radical (unpaired) electrons. The Kier molecular flexibility index (Phi) is 2.95. The zero-order valence-corrected chi connectivity index (χ0v) is 9.52. The van der Waals surface area contributed by atoms with E-state index in [0.29, 0.717) is 11.6 Å². The van der Waals surface area contributed by atoms with Gasteiger partial charge in [-0.15, -0.1) is 10.2 Å². The molecule has 0 aromatic carbocycles. The topological polar surface area (TPSA) is 92.3 Å². The molecule has 0 aliphatic heterocycles. The average molecular weight is 240 g/mol. The number of nitrogens with zero attached hydrogens (tertiary/aromatic N) is 5. The van der Waals surface area contributed by atoms with Crippen LogP contribution in [0.25, 0.3) is 0 Å². The van der Waals surface area contributed by atoms with Crippen LogP contribution in [0.15, 0.2) is 6.07 Å². The quantitative estimate of drug-likeness (QED) is 0.780. The van der Waals surface area contributed by atoms with E-state index in [2.05, 4.69) is 35.9 Å². The number of hydrogen-bond acceptors (Lipinski definition) is 6. The Hall–Kier alpha value is -1.76. The fraction of sp³-hybridized carbons (Fsp3) is 0.375. The summed E-state index contributed by atoms with van der Waals surface area (Å²) in [6.07, 6.45) is 0. The van der Waals surface area contributed by atoms with Gasteiger partial charge in [0.2, 0.25) is 5.28 Å². The van der Waals surface area contributed by atoms with Crippen molar-refractivity contribution < 1.29 is 0 Å². The number of aromatic amines is 1. The van der Waals surface area contributed by atoms with Gasteiger partial charge < -0.3 is 5.32 Å². The Balaban J connectivity index is 2.15. The van der Waals surface area contributed by atoms with Crippen LogP contribution in [0.3, 0.4) is 0 Å². The van der Waals surface area contributed by atoms with Crippen molar-refractivity contribution in [3.63, 3.8) is 0 Å².